The first-order valence-electron chi connectivity index (χ1n) is 11.8. The average molecular weight is 519 g/mol. The van der Waals surface area contributed by atoms with Gasteiger partial charge in [0, 0.05) is 11.8 Å². The highest BCUT2D eigenvalue weighted by molar-refractivity contribution is 7.94. The molecule has 5 rings (SSSR count). The van der Waals surface area contributed by atoms with Crippen LogP contribution >= 0.6 is 0 Å². The molecule has 37 heavy (non-hydrogen) atoms. The standard InChI is InChI=1S/C28H26N2O6S/c1-28(2)24(27(33)36-23(18-11-5-3-6-12-18)19-13-7-4-8-14-19)30-25(32)22(26(30)37(28,34)35)20(17-31)21-15-9-10-16-29-21/h3-16,23-24,26,31H,17H2,1-2H3/t24-,26+/m0/s1. The van der Waals surface area contributed by atoms with Gasteiger partial charge in [0.15, 0.2) is 27.4 Å². The third-order valence-electron chi connectivity index (χ3n) is 7.05. The molecule has 0 radical (unpaired) electrons. The Labute approximate surface area is 215 Å². The Morgan fingerprint density at radius 1 is 1.00 bits per heavy atom. The predicted molar refractivity (Wildman–Crippen MR) is 136 cm³/mol. The van der Waals surface area contributed by atoms with Gasteiger partial charge in [-0.2, -0.15) is 0 Å². The zero-order valence-electron chi connectivity index (χ0n) is 20.3. The molecule has 3 heterocycles. The van der Waals surface area contributed by atoms with Crippen LogP contribution in [0.15, 0.2) is 90.6 Å². The maximum atomic E-state index is 13.7. The second-order valence-corrected chi connectivity index (χ2v) is 12.1. The van der Waals surface area contributed by atoms with E-state index in [1.165, 1.54) is 20.0 Å². The molecule has 9 heteroatoms. The van der Waals surface area contributed by atoms with Crippen molar-refractivity contribution in [3.8, 4) is 0 Å². The van der Waals surface area contributed by atoms with Gasteiger partial charge in [0.1, 0.15) is 4.75 Å². The van der Waals surface area contributed by atoms with Crippen LogP contribution < -0.4 is 0 Å². The molecular weight excluding hydrogens is 492 g/mol. The number of fused-ring (bicyclic) bond motifs is 1. The van der Waals surface area contributed by atoms with Gasteiger partial charge in [-0.15, -0.1) is 0 Å². The lowest BCUT2D eigenvalue weighted by molar-refractivity contribution is -0.160. The minimum absolute atomic E-state index is 0.0627. The molecule has 3 aromatic rings. The number of aromatic nitrogens is 1. The van der Waals surface area contributed by atoms with E-state index in [-0.39, 0.29) is 11.1 Å². The minimum atomic E-state index is -4.06. The second kappa shape index (κ2) is 9.24. The summed E-state index contributed by atoms with van der Waals surface area (Å²) in [5, 5.41) is 8.67. The fourth-order valence-corrected chi connectivity index (χ4v) is 7.21. The van der Waals surface area contributed by atoms with Gasteiger partial charge >= 0.3 is 5.97 Å². The quantitative estimate of drug-likeness (QED) is 0.303. The monoisotopic (exact) mass is 518 g/mol. The van der Waals surface area contributed by atoms with Crippen molar-refractivity contribution in [1.82, 2.24) is 9.88 Å². The van der Waals surface area contributed by atoms with E-state index in [0.29, 0.717) is 16.8 Å². The largest absolute Gasteiger partial charge is 0.451 e. The Balaban J connectivity index is 1.54. The maximum absolute atomic E-state index is 13.7. The van der Waals surface area contributed by atoms with Crippen LogP contribution in [0.3, 0.4) is 0 Å². The van der Waals surface area contributed by atoms with Crippen LogP contribution in [0.5, 0.6) is 0 Å². The summed E-state index contributed by atoms with van der Waals surface area (Å²) in [5.41, 5.74) is 1.80. The molecule has 2 saturated heterocycles. The Bertz CT molecular complexity index is 1430. The van der Waals surface area contributed by atoms with Crippen LogP contribution in [0.4, 0.5) is 0 Å². The van der Waals surface area contributed by atoms with Gasteiger partial charge in [-0.05, 0) is 37.1 Å². The van der Waals surface area contributed by atoms with Crippen LogP contribution in [-0.2, 0) is 24.2 Å². The molecule has 0 aliphatic carbocycles. The molecule has 2 atom stereocenters. The normalized spacial score (nSPS) is 22.8. The Morgan fingerprint density at radius 2 is 1.57 bits per heavy atom. The van der Waals surface area contributed by atoms with Crippen molar-refractivity contribution in [3.05, 3.63) is 107 Å². The molecule has 1 amide bonds. The second-order valence-electron chi connectivity index (χ2n) is 9.52. The van der Waals surface area contributed by atoms with Gasteiger partial charge in [-0.3, -0.25) is 9.78 Å². The first kappa shape index (κ1) is 24.9. The number of carbonyl (C=O) groups excluding carboxylic acids is 2. The highest BCUT2D eigenvalue weighted by Crippen LogP contribution is 2.50. The molecule has 2 aliphatic heterocycles. The molecule has 2 aliphatic rings. The van der Waals surface area contributed by atoms with Gasteiger partial charge in [0.05, 0.1) is 17.9 Å². The topological polar surface area (TPSA) is 114 Å². The molecule has 0 unspecified atom stereocenters. The molecule has 2 fully saturated rings. The minimum Gasteiger partial charge on any atom is -0.451 e. The van der Waals surface area contributed by atoms with E-state index in [0.717, 1.165) is 4.90 Å². The van der Waals surface area contributed by atoms with E-state index >= 15 is 0 Å². The first-order valence-corrected chi connectivity index (χ1v) is 13.4. The zero-order chi connectivity index (χ0) is 26.4. The zero-order valence-corrected chi connectivity index (χ0v) is 21.1. The Kier molecular flexibility index (Phi) is 6.21. The molecular formula is C28H26N2O6S. The number of nitrogens with zero attached hydrogens (tertiary/aromatic N) is 2. The smallest absolute Gasteiger partial charge is 0.331 e. The number of pyridine rings is 1. The summed E-state index contributed by atoms with van der Waals surface area (Å²) in [6, 6.07) is 21.8. The van der Waals surface area contributed by atoms with Gasteiger partial charge in [0.25, 0.3) is 5.91 Å². The number of benzene rings is 2. The maximum Gasteiger partial charge on any atom is 0.331 e. The number of hydrogen-bond acceptors (Lipinski definition) is 7. The van der Waals surface area contributed by atoms with Gasteiger partial charge < -0.3 is 14.7 Å². The summed E-state index contributed by atoms with van der Waals surface area (Å²) < 4.78 is 31.7. The van der Waals surface area contributed by atoms with E-state index in [1.54, 1.807) is 18.2 Å². The number of β-lactam (4-membered cyclic amide) rings is 1. The van der Waals surface area contributed by atoms with Gasteiger partial charge in [0.2, 0.25) is 0 Å². The summed E-state index contributed by atoms with van der Waals surface area (Å²) in [7, 11) is -4.06. The number of carbonyl (C=O) groups is 2. The lowest BCUT2D eigenvalue weighted by atomic mass is 9.91. The van der Waals surface area contributed by atoms with Crippen molar-refractivity contribution in [3.63, 3.8) is 0 Å². The highest BCUT2D eigenvalue weighted by atomic mass is 32.2. The van der Waals surface area contributed by atoms with Crippen molar-refractivity contribution in [2.45, 2.75) is 36.1 Å². The molecule has 8 nitrogen and oxygen atoms in total. The molecule has 0 saturated carbocycles. The van der Waals surface area contributed by atoms with Crippen LogP contribution in [0.25, 0.3) is 5.57 Å². The Morgan fingerprint density at radius 3 is 2.08 bits per heavy atom. The van der Waals surface area contributed by atoms with Crippen molar-refractivity contribution in [1.29, 1.82) is 0 Å². The molecule has 1 N–H and O–H groups in total. The van der Waals surface area contributed by atoms with Crippen molar-refractivity contribution in [2.75, 3.05) is 6.61 Å². The molecule has 2 aromatic carbocycles. The van der Waals surface area contributed by atoms with E-state index < -0.39 is 50.6 Å². The number of rotatable bonds is 6. The fraction of sp³-hybridized carbons (Fsp3) is 0.250. The summed E-state index contributed by atoms with van der Waals surface area (Å²) in [6.07, 6.45) is 0.702. The summed E-state index contributed by atoms with van der Waals surface area (Å²) in [5.74, 6) is -1.45. The number of sulfone groups is 1. The number of esters is 1. The summed E-state index contributed by atoms with van der Waals surface area (Å²) in [4.78, 5) is 32.3. The molecule has 190 valence electrons. The summed E-state index contributed by atoms with van der Waals surface area (Å²) >= 11 is 0. The van der Waals surface area contributed by atoms with E-state index in [9.17, 15) is 23.1 Å². The molecule has 0 spiro atoms. The number of aliphatic hydroxyl groups is 1. The number of ether oxygens (including phenoxy) is 1. The number of aliphatic hydroxyl groups excluding tert-OH is 1. The van der Waals surface area contributed by atoms with E-state index in [2.05, 4.69) is 4.98 Å². The lowest BCUT2D eigenvalue weighted by Crippen LogP contribution is -2.59. The van der Waals surface area contributed by atoms with Crippen LogP contribution in [0, 0.1) is 0 Å². The number of hydrogen-bond donors (Lipinski definition) is 1. The highest BCUT2D eigenvalue weighted by Gasteiger charge is 2.71. The van der Waals surface area contributed by atoms with E-state index in [1.807, 2.05) is 60.7 Å². The lowest BCUT2D eigenvalue weighted by Gasteiger charge is -2.40. The average Bonchev–Trinajstić information content (AvgIpc) is 3.06. The number of amides is 1. The summed E-state index contributed by atoms with van der Waals surface area (Å²) in [6.45, 7) is 2.28. The molecule has 0 bridgehead atoms. The Hall–Kier alpha value is -3.82. The van der Waals surface area contributed by atoms with Crippen LogP contribution in [0.2, 0.25) is 0 Å². The van der Waals surface area contributed by atoms with E-state index in [4.69, 9.17) is 4.74 Å². The van der Waals surface area contributed by atoms with Crippen molar-refractivity contribution < 1.29 is 27.9 Å². The molecule has 1 aromatic heterocycles. The third kappa shape index (κ3) is 3.86. The van der Waals surface area contributed by atoms with Crippen LogP contribution in [0.1, 0.15) is 36.8 Å². The first-order chi connectivity index (χ1) is 17.7. The fourth-order valence-electron chi connectivity index (χ4n) is 5.05. The van der Waals surface area contributed by atoms with Crippen LogP contribution in [-0.4, -0.2) is 58.1 Å². The predicted octanol–water partition coefficient (Wildman–Crippen LogP) is 2.90. The van der Waals surface area contributed by atoms with Crippen molar-refractivity contribution in [2.24, 2.45) is 0 Å². The van der Waals surface area contributed by atoms with Gasteiger partial charge in [-0.1, -0.05) is 66.7 Å². The SMILES string of the molecule is CC1(C)[C@H](C(=O)OC(c2ccccc2)c2ccccc2)N2C(=O)C(=C(CO)c3ccccn3)[C@H]2S1(=O)=O. The third-order valence-corrected chi connectivity index (χ3v) is 9.79. The van der Waals surface area contributed by atoms with Gasteiger partial charge in [-0.25, -0.2) is 13.2 Å². The van der Waals surface area contributed by atoms with Crippen molar-refractivity contribution >= 4 is 27.3 Å².